The van der Waals surface area contributed by atoms with E-state index in [2.05, 4.69) is 0 Å². The Hall–Kier alpha value is 0.0900. The lowest BCUT2D eigenvalue weighted by Crippen LogP contribution is -2.66. The molecular formula is C9H18ClNO4. The molecule has 2 rings (SSSR count). The molecule has 2 heterocycles. The van der Waals surface area contributed by atoms with Gasteiger partial charge in [-0.25, -0.2) is 0 Å². The maximum absolute atomic E-state index is 9.70. The van der Waals surface area contributed by atoms with Crippen molar-refractivity contribution in [1.82, 2.24) is 4.90 Å². The zero-order valence-electron chi connectivity index (χ0n) is 8.36. The summed E-state index contributed by atoms with van der Waals surface area (Å²) in [6.07, 6.45) is -2.17. The van der Waals surface area contributed by atoms with Crippen LogP contribution in [0.25, 0.3) is 0 Å². The number of nitrogens with zero attached hydrogens (tertiary/aromatic N) is 1. The van der Waals surface area contributed by atoms with Crippen LogP contribution in [0, 0.1) is 0 Å². The van der Waals surface area contributed by atoms with Crippen molar-refractivity contribution in [2.24, 2.45) is 0 Å². The van der Waals surface area contributed by atoms with Crippen molar-refractivity contribution in [3.8, 4) is 0 Å². The van der Waals surface area contributed by atoms with Crippen LogP contribution >= 0.6 is 12.4 Å². The molecule has 5 atom stereocenters. The molecule has 0 saturated carbocycles. The topological polar surface area (TPSA) is 84.2 Å². The van der Waals surface area contributed by atoms with Gasteiger partial charge in [0, 0.05) is 6.54 Å². The third-order valence-corrected chi connectivity index (χ3v) is 3.28. The number of hydrogen-bond acceptors (Lipinski definition) is 5. The molecular weight excluding hydrogens is 222 g/mol. The highest BCUT2D eigenvalue weighted by Crippen LogP contribution is 2.27. The minimum Gasteiger partial charge on any atom is -0.391 e. The first-order valence-electron chi connectivity index (χ1n) is 5.07. The standard InChI is InChI=1S/C9H17NO4.ClH/c11-5-2-1-3-10-4-6(12)8(13)9(14)7(5)10;/h5-9,11-14H,1-4H2;1H/t5-,6+,7?,8+,9?;/m0./s1. The molecule has 0 spiro atoms. The van der Waals surface area contributed by atoms with Crippen molar-refractivity contribution in [1.29, 1.82) is 0 Å². The fourth-order valence-corrected chi connectivity index (χ4v) is 2.50. The van der Waals surface area contributed by atoms with Gasteiger partial charge in [-0.1, -0.05) is 0 Å². The zero-order chi connectivity index (χ0) is 10.3. The van der Waals surface area contributed by atoms with Gasteiger partial charge in [-0.3, -0.25) is 4.90 Å². The van der Waals surface area contributed by atoms with E-state index in [0.29, 0.717) is 13.0 Å². The van der Waals surface area contributed by atoms with E-state index in [-0.39, 0.29) is 12.4 Å². The highest BCUT2D eigenvalue weighted by atomic mass is 35.5. The highest BCUT2D eigenvalue weighted by molar-refractivity contribution is 5.85. The average Bonchev–Trinajstić information content (AvgIpc) is 2.14. The van der Waals surface area contributed by atoms with E-state index in [1.807, 2.05) is 4.90 Å². The third kappa shape index (κ3) is 2.27. The quantitative estimate of drug-likeness (QED) is 0.406. The predicted molar refractivity (Wildman–Crippen MR) is 55.9 cm³/mol. The molecule has 0 aliphatic carbocycles. The number of piperidine rings is 2. The second-order valence-corrected chi connectivity index (χ2v) is 4.24. The van der Waals surface area contributed by atoms with Crippen molar-refractivity contribution in [2.75, 3.05) is 13.1 Å². The summed E-state index contributed by atoms with van der Waals surface area (Å²) in [4.78, 5) is 1.86. The SMILES string of the molecule is Cl.OC1C2[C@@H](O)CCCN2C[C@@H](O)[C@H]1O. The first-order chi connectivity index (χ1) is 6.61. The van der Waals surface area contributed by atoms with E-state index in [0.717, 1.165) is 13.0 Å². The molecule has 0 aromatic carbocycles. The Kier molecular flexibility index (Phi) is 4.34. The molecule has 15 heavy (non-hydrogen) atoms. The summed E-state index contributed by atoms with van der Waals surface area (Å²) in [5.74, 6) is 0. The fraction of sp³-hybridized carbons (Fsp3) is 1.00. The van der Waals surface area contributed by atoms with Crippen LogP contribution in [0.15, 0.2) is 0 Å². The average molecular weight is 240 g/mol. The molecule has 2 unspecified atom stereocenters. The van der Waals surface area contributed by atoms with E-state index in [9.17, 15) is 20.4 Å². The van der Waals surface area contributed by atoms with Gasteiger partial charge in [0.2, 0.25) is 0 Å². The second kappa shape index (κ2) is 4.95. The highest BCUT2D eigenvalue weighted by Gasteiger charge is 2.45. The number of aliphatic hydroxyl groups is 4. The lowest BCUT2D eigenvalue weighted by atomic mass is 9.86. The van der Waals surface area contributed by atoms with Gasteiger partial charge in [-0.05, 0) is 19.4 Å². The number of hydrogen-bond donors (Lipinski definition) is 4. The summed E-state index contributed by atoms with van der Waals surface area (Å²) in [6.45, 7) is 1.10. The number of aliphatic hydroxyl groups excluding tert-OH is 4. The predicted octanol–water partition coefficient (Wildman–Crippen LogP) is -1.67. The van der Waals surface area contributed by atoms with Crippen molar-refractivity contribution < 1.29 is 20.4 Å². The fourth-order valence-electron chi connectivity index (χ4n) is 2.50. The molecule has 4 N–H and O–H groups in total. The Morgan fingerprint density at radius 1 is 0.933 bits per heavy atom. The Morgan fingerprint density at radius 2 is 1.60 bits per heavy atom. The summed E-state index contributed by atoms with van der Waals surface area (Å²) in [5.41, 5.74) is 0. The lowest BCUT2D eigenvalue weighted by Gasteiger charge is -2.48. The smallest absolute Gasteiger partial charge is 0.109 e. The first kappa shape index (κ1) is 13.2. The van der Waals surface area contributed by atoms with Crippen molar-refractivity contribution in [3.63, 3.8) is 0 Å². The molecule has 0 aromatic heterocycles. The molecule has 90 valence electrons. The van der Waals surface area contributed by atoms with Crippen LogP contribution in [0.5, 0.6) is 0 Å². The van der Waals surface area contributed by atoms with Gasteiger partial charge >= 0.3 is 0 Å². The normalized spacial score (nSPS) is 46.8. The Balaban J connectivity index is 0.00000112. The van der Waals surface area contributed by atoms with Gasteiger partial charge in [0.1, 0.15) is 12.2 Å². The summed E-state index contributed by atoms with van der Waals surface area (Å²) in [7, 11) is 0. The maximum atomic E-state index is 9.70. The van der Waals surface area contributed by atoms with Gasteiger partial charge in [-0.2, -0.15) is 0 Å². The second-order valence-electron chi connectivity index (χ2n) is 4.24. The van der Waals surface area contributed by atoms with Crippen molar-refractivity contribution >= 4 is 12.4 Å². The van der Waals surface area contributed by atoms with Crippen LogP contribution in [0.3, 0.4) is 0 Å². The summed E-state index contributed by atoms with van der Waals surface area (Å²) in [5, 5.41) is 38.3. The Bertz CT molecular complexity index is 216. The first-order valence-corrected chi connectivity index (χ1v) is 5.07. The summed E-state index contributed by atoms with van der Waals surface area (Å²) < 4.78 is 0. The van der Waals surface area contributed by atoms with E-state index in [1.165, 1.54) is 0 Å². The number of fused-ring (bicyclic) bond motifs is 1. The molecule has 0 radical (unpaired) electrons. The van der Waals surface area contributed by atoms with Crippen LogP contribution in [0.2, 0.25) is 0 Å². The molecule has 0 amide bonds. The number of rotatable bonds is 0. The van der Waals surface area contributed by atoms with E-state index < -0.39 is 30.5 Å². The van der Waals surface area contributed by atoms with Crippen LogP contribution in [-0.4, -0.2) is 68.9 Å². The minimum atomic E-state index is -1.14. The molecule has 0 bridgehead atoms. The van der Waals surface area contributed by atoms with E-state index in [1.54, 1.807) is 0 Å². The van der Waals surface area contributed by atoms with Crippen LogP contribution < -0.4 is 0 Å². The van der Waals surface area contributed by atoms with Crippen LogP contribution in [0.1, 0.15) is 12.8 Å². The molecule has 5 nitrogen and oxygen atoms in total. The molecule has 6 heteroatoms. The van der Waals surface area contributed by atoms with E-state index >= 15 is 0 Å². The van der Waals surface area contributed by atoms with Crippen LogP contribution in [-0.2, 0) is 0 Å². The Labute approximate surface area is 94.7 Å². The third-order valence-electron chi connectivity index (χ3n) is 3.28. The molecule has 0 aromatic rings. The molecule has 2 saturated heterocycles. The van der Waals surface area contributed by atoms with Crippen LogP contribution in [0.4, 0.5) is 0 Å². The summed E-state index contributed by atoms with van der Waals surface area (Å²) >= 11 is 0. The van der Waals surface area contributed by atoms with Gasteiger partial charge in [-0.15, -0.1) is 12.4 Å². The maximum Gasteiger partial charge on any atom is 0.109 e. The van der Waals surface area contributed by atoms with Gasteiger partial charge < -0.3 is 20.4 Å². The van der Waals surface area contributed by atoms with Gasteiger partial charge in [0.25, 0.3) is 0 Å². The number of halogens is 1. The van der Waals surface area contributed by atoms with Crippen molar-refractivity contribution in [3.05, 3.63) is 0 Å². The summed E-state index contributed by atoms with van der Waals surface area (Å²) in [6, 6.07) is -0.415. The Morgan fingerprint density at radius 3 is 2.27 bits per heavy atom. The monoisotopic (exact) mass is 239 g/mol. The molecule has 2 aliphatic rings. The van der Waals surface area contributed by atoms with Gasteiger partial charge in [0.05, 0.1) is 18.2 Å². The lowest BCUT2D eigenvalue weighted by molar-refractivity contribution is -0.169. The zero-order valence-corrected chi connectivity index (χ0v) is 9.18. The molecule has 2 aliphatic heterocycles. The van der Waals surface area contributed by atoms with Gasteiger partial charge in [0.15, 0.2) is 0 Å². The largest absolute Gasteiger partial charge is 0.391 e. The molecule has 2 fully saturated rings. The van der Waals surface area contributed by atoms with Crippen molar-refractivity contribution in [2.45, 2.75) is 43.3 Å². The van der Waals surface area contributed by atoms with E-state index in [4.69, 9.17) is 0 Å². The minimum absolute atomic E-state index is 0.